The first kappa shape index (κ1) is 16.5. The second kappa shape index (κ2) is 6.48. The third kappa shape index (κ3) is 3.47. The summed E-state index contributed by atoms with van der Waals surface area (Å²) in [5, 5.41) is 10.1. The van der Waals surface area contributed by atoms with Gasteiger partial charge < -0.3 is 14.6 Å². The van der Waals surface area contributed by atoms with Crippen molar-refractivity contribution in [2.75, 3.05) is 0 Å². The predicted molar refractivity (Wildman–Crippen MR) is 80.8 cm³/mol. The van der Waals surface area contributed by atoms with Crippen LogP contribution >= 0.6 is 0 Å². The number of fused-ring (bicyclic) bond motifs is 1. The third-order valence-corrected chi connectivity index (χ3v) is 4.18. The van der Waals surface area contributed by atoms with Crippen LogP contribution in [0.2, 0.25) is 0 Å². The maximum Gasteiger partial charge on any atom is 0.334 e. The van der Waals surface area contributed by atoms with Crippen molar-refractivity contribution in [3.8, 4) is 0 Å². The number of hydrogen-bond acceptors (Lipinski definition) is 5. The topological polar surface area (TPSA) is 72.8 Å². The van der Waals surface area contributed by atoms with Gasteiger partial charge in [0, 0.05) is 18.9 Å². The van der Waals surface area contributed by atoms with E-state index in [-0.39, 0.29) is 0 Å². The minimum absolute atomic E-state index is 0.295. The highest BCUT2D eigenvalue weighted by atomic mass is 16.6. The van der Waals surface area contributed by atoms with Crippen molar-refractivity contribution >= 4 is 11.9 Å². The lowest BCUT2D eigenvalue weighted by molar-refractivity contribution is -0.147. The lowest BCUT2D eigenvalue weighted by Crippen LogP contribution is -2.33. The molecule has 0 aromatic heterocycles. The summed E-state index contributed by atoms with van der Waals surface area (Å²) < 4.78 is 10.7. The van der Waals surface area contributed by atoms with Crippen LogP contribution in [-0.4, -0.2) is 35.4 Å². The summed E-state index contributed by atoms with van der Waals surface area (Å²) in [5.41, 5.74) is 1.89. The fraction of sp³-hybridized carbons (Fsp3) is 0.529. The summed E-state index contributed by atoms with van der Waals surface area (Å²) in [6, 6.07) is 0. The molecule has 120 valence electrons. The molecule has 1 aliphatic heterocycles. The van der Waals surface area contributed by atoms with E-state index in [1.165, 1.54) is 6.92 Å². The second-order valence-corrected chi connectivity index (χ2v) is 6.00. The second-order valence-electron chi connectivity index (χ2n) is 6.00. The van der Waals surface area contributed by atoms with E-state index in [1.807, 2.05) is 13.0 Å². The van der Waals surface area contributed by atoms with E-state index in [1.54, 1.807) is 0 Å². The molecular weight excluding hydrogens is 284 g/mol. The Kier molecular flexibility index (Phi) is 4.86. The summed E-state index contributed by atoms with van der Waals surface area (Å²) in [7, 11) is 0. The highest BCUT2D eigenvalue weighted by Crippen LogP contribution is 2.37. The Morgan fingerprint density at radius 1 is 1.45 bits per heavy atom. The summed E-state index contributed by atoms with van der Waals surface area (Å²) in [4.78, 5) is 23.3. The third-order valence-electron chi connectivity index (χ3n) is 4.18. The maximum atomic E-state index is 11.9. The number of aliphatic hydroxyl groups is 1. The van der Waals surface area contributed by atoms with E-state index in [4.69, 9.17) is 9.47 Å². The molecule has 2 rings (SSSR count). The molecule has 5 nitrogen and oxygen atoms in total. The Labute approximate surface area is 130 Å². The first-order valence-corrected chi connectivity index (χ1v) is 7.39. The summed E-state index contributed by atoms with van der Waals surface area (Å²) in [5.74, 6) is -1.36. The smallest absolute Gasteiger partial charge is 0.334 e. The molecule has 0 saturated carbocycles. The van der Waals surface area contributed by atoms with Crippen LogP contribution in [0.4, 0.5) is 0 Å². The molecule has 4 unspecified atom stereocenters. The fourth-order valence-electron chi connectivity index (χ4n) is 2.95. The first-order valence-electron chi connectivity index (χ1n) is 7.39. The molecule has 0 aromatic rings. The number of ether oxygens (including phenoxy) is 2. The van der Waals surface area contributed by atoms with Gasteiger partial charge in [0.05, 0.1) is 12.0 Å². The van der Waals surface area contributed by atoms with E-state index >= 15 is 0 Å². The zero-order chi connectivity index (χ0) is 16.4. The monoisotopic (exact) mass is 306 g/mol. The van der Waals surface area contributed by atoms with Crippen LogP contribution in [0.15, 0.2) is 36.0 Å². The van der Waals surface area contributed by atoms with Gasteiger partial charge in [-0.1, -0.05) is 18.7 Å². The van der Waals surface area contributed by atoms with Gasteiger partial charge in [0.25, 0.3) is 0 Å². The Morgan fingerprint density at radius 3 is 2.77 bits per heavy atom. The molecule has 2 aliphatic rings. The lowest BCUT2D eigenvalue weighted by Gasteiger charge is -2.28. The Hall–Kier alpha value is -1.88. The standard InChI is InChI=1S/C17H22O5/c1-9-5-6-13(19)10(2)8-15-16(11(3)17(20)22-15)14(7-9)21-12(4)18/h7,13-16,19H,2-3,5-6,8H2,1,4H3. The molecule has 0 radical (unpaired) electrons. The van der Waals surface area contributed by atoms with Gasteiger partial charge in [-0.2, -0.15) is 0 Å². The number of carbonyl (C=O) groups is 2. The van der Waals surface area contributed by atoms with E-state index in [9.17, 15) is 14.7 Å². The van der Waals surface area contributed by atoms with Crippen LogP contribution in [0.25, 0.3) is 0 Å². The number of aliphatic hydroxyl groups excluding tert-OH is 1. The Morgan fingerprint density at radius 2 is 2.14 bits per heavy atom. The van der Waals surface area contributed by atoms with Crippen LogP contribution < -0.4 is 0 Å². The molecule has 5 heteroatoms. The summed E-state index contributed by atoms with van der Waals surface area (Å²) >= 11 is 0. The Balaban J connectivity index is 2.40. The van der Waals surface area contributed by atoms with Crippen molar-refractivity contribution < 1.29 is 24.2 Å². The number of esters is 2. The minimum Gasteiger partial charge on any atom is -0.458 e. The van der Waals surface area contributed by atoms with Crippen molar-refractivity contribution in [2.24, 2.45) is 5.92 Å². The fourth-order valence-corrected chi connectivity index (χ4v) is 2.95. The summed E-state index contributed by atoms with van der Waals surface area (Å²) in [6.07, 6.45) is 1.62. The van der Waals surface area contributed by atoms with Crippen LogP contribution in [0, 0.1) is 5.92 Å². The van der Waals surface area contributed by atoms with Gasteiger partial charge in [0.15, 0.2) is 0 Å². The molecule has 0 bridgehead atoms. The quantitative estimate of drug-likeness (QED) is 0.456. The zero-order valence-corrected chi connectivity index (χ0v) is 13.0. The van der Waals surface area contributed by atoms with Gasteiger partial charge in [-0.05, 0) is 31.4 Å². The lowest BCUT2D eigenvalue weighted by atomic mass is 9.84. The van der Waals surface area contributed by atoms with Crippen molar-refractivity contribution in [2.45, 2.75) is 51.4 Å². The van der Waals surface area contributed by atoms with Gasteiger partial charge in [-0.25, -0.2) is 4.79 Å². The van der Waals surface area contributed by atoms with Gasteiger partial charge in [-0.3, -0.25) is 4.79 Å². The molecule has 0 amide bonds. The maximum absolute atomic E-state index is 11.9. The van der Waals surface area contributed by atoms with Gasteiger partial charge in [0.1, 0.15) is 12.2 Å². The van der Waals surface area contributed by atoms with Crippen molar-refractivity contribution in [3.05, 3.63) is 36.0 Å². The highest BCUT2D eigenvalue weighted by molar-refractivity contribution is 5.91. The van der Waals surface area contributed by atoms with Crippen LogP contribution in [0.3, 0.4) is 0 Å². The zero-order valence-electron chi connectivity index (χ0n) is 13.0. The van der Waals surface area contributed by atoms with Gasteiger partial charge in [0.2, 0.25) is 0 Å². The van der Waals surface area contributed by atoms with Crippen molar-refractivity contribution in [3.63, 3.8) is 0 Å². The van der Waals surface area contributed by atoms with Crippen LogP contribution in [0.5, 0.6) is 0 Å². The number of carbonyl (C=O) groups excluding carboxylic acids is 2. The van der Waals surface area contributed by atoms with E-state index in [0.717, 1.165) is 5.57 Å². The number of rotatable bonds is 1. The van der Waals surface area contributed by atoms with Gasteiger partial charge >= 0.3 is 11.9 Å². The largest absolute Gasteiger partial charge is 0.458 e. The molecule has 4 atom stereocenters. The molecule has 0 aromatic carbocycles. The average molecular weight is 306 g/mol. The average Bonchev–Trinajstić information content (AvgIpc) is 2.69. The molecule has 22 heavy (non-hydrogen) atoms. The van der Waals surface area contributed by atoms with Crippen molar-refractivity contribution in [1.82, 2.24) is 0 Å². The molecule has 1 fully saturated rings. The highest BCUT2D eigenvalue weighted by Gasteiger charge is 2.44. The number of allylic oxidation sites excluding steroid dienone is 1. The first-order chi connectivity index (χ1) is 10.3. The molecule has 1 N–H and O–H groups in total. The molecule has 1 aliphatic carbocycles. The molecule has 0 spiro atoms. The molecule has 1 heterocycles. The van der Waals surface area contributed by atoms with Crippen LogP contribution in [-0.2, 0) is 19.1 Å². The normalized spacial score (nSPS) is 32.9. The van der Waals surface area contributed by atoms with Crippen molar-refractivity contribution in [1.29, 1.82) is 0 Å². The molecular formula is C17H22O5. The molecule has 1 saturated heterocycles. The minimum atomic E-state index is -0.637. The van der Waals surface area contributed by atoms with E-state index < -0.39 is 36.2 Å². The Bertz CT molecular complexity index is 545. The van der Waals surface area contributed by atoms with Crippen LogP contribution in [0.1, 0.15) is 33.1 Å². The van der Waals surface area contributed by atoms with E-state index in [2.05, 4.69) is 13.2 Å². The van der Waals surface area contributed by atoms with E-state index in [0.29, 0.717) is 30.4 Å². The number of hydrogen-bond donors (Lipinski definition) is 1. The predicted octanol–water partition coefficient (Wildman–Crippen LogP) is 2.06. The summed E-state index contributed by atoms with van der Waals surface area (Å²) in [6.45, 7) is 10.9. The SMILES string of the molecule is C=C1CC2OC(=O)C(=C)C2C(OC(C)=O)C=C(C)CCC1O. The van der Waals surface area contributed by atoms with Gasteiger partial charge in [-0.15, -0.1) is 0 Å².